The number of ether oxygens (including phenoxy) is 1. The van der Waals surface area contributed by atoms with E-state index < -0.39 is 18.0 Å². The summed E-state index contributed by atoms with van der Waals surface area (Å²) in [7, 11) is 1.31. The van der Waals surface area contributed by atoms with Crippen LogP contribution in [0, 0.1) is 13.8 Å². The number of carboxylic acid groups (broad SMARTS) is 1. The highest BCUT2D eigenvalue weighted by molar-refractivity contribution is 7.15. The van der Waals surface area contributed by atoms with Crippen LogP contribution in [0.25, 0.3) is 5.00 Å². The van der Waals surface area contributed by atoms with E-state index in [1.54, 1.807) is 42.7 Å². The van der Waals surface area contributed by atoms with Crippen molar-refractivity contribution in [1.82, 2.24) is 14.8 Å². The van der Waals surface area contributed by atoms with Crippen LogP contribution >= 0.6 is 22.9 Å². The summed E-state index contributed by atoms with van der Waals surface area (Å²) in [5.74, 6) is -0.468. The average molecular weight is 445 g/mol. The Hall–Kier alpha value is -3.04. The van der Waals surface area contributed by atoms with E-state index in [4.69, 9.17) is 21.3 Å². The number of aromatic nitrogens is 3. The van der Waals surface area contributed by atoms with Crippen LogP contribution in [-0.2, 0) is 9.53 Å². The van der Waals surface area contributed by atoms with E-state index in [2.05, 4.69) is 10.2 Å². The first-order valence-electron chi connectivity index (χ1n) is 9.01. The molecular formula is C20H17ClN4O4S. The van der Waals surface area contributed by atoms with Gasteiger partial charge in [0.25, 0.3) is 0 Å². The van der Waals surface area contributed by atoms with Crippen LogP contribution in [0.15, 0.2) is 29.3 Å². The maximum atomic E-state index is 12.2. The van der Waals surface area contributed by atoms with Crippen LogP contribution in [0.1, 0.15) is 50.5 Å². The fourth-order valence-corrected chi connectivity index (χ4v) is 4.82. The van der Waals surface area contributed by atoms with E-state index in [0.717, 1.165) is 0 Å². The number of benzene rings is 1. The van der Waals surface area contributed by atoms with Gasteiger partial charge in [0, 0.05) is 15.5 Å². The SMILES string of the molecule is COC(=O)C[C@H]1N=C(c2ccc(Cl)cc2)c2c(sc(C)c2C(=O)O)-n2c(C)nnc21. The molecule has 1 N–H and O–H groups in total. The number of nitrogens with zero attached hydrogens (tertiary/aromatic N) is 4. The molecule has 3 aromatic rings. The van der Waals surface area contributed by atoms with Crippen molar-refractivity contribution in [1.29, 1.82) is 0 Å². The summed E-state index contributed by atoms with van der Waals surface area (Å²) in [6.07, 6.45) is -0.0535. The number of carbonyl (C=O) groups excluding carboxylic acids is 1. The molecule has 1 atom stereocenters. The van der Waals surface area contributed by atoms with E-state index in [0.29, 0.717) is 43.4 Å². The first kappa shape index (κ1) is 20.2. The van der Waals surface area contributed by atoms with E-state index in [1.807, 2.05) is 0 Å². The molecule has 1 aliphatic heterocycles. The zero-order valence-electron chi connectivity index (χ0n) is 16.3. The highest BCUT2D eigenvalue weighted by Gasteiger charge is 2.35. The summed E-state index contributed by atoms with van der Waals surface area (Å²) in [5, 5.41) is 19.5. The first-order chi connectivity index (χ1) is 14.3. The van der Waals surface area contributed by atoms with E-state index >= 15 is 0 Å². The summed E-state index contributed by atoms with van der Waals surface area (Å²) in [6, 6.07) is 6.29. The molecule has 0 unspecified atom stereocenters. The number of fused-ring (bicyclic) bond motifs is 3. The molecule has 1 aromatic carbocycles. The van der Waals surface area contributed by atoms with Gasteiger partial charge < -0.3 is 9.84 Å². The fourth-order valence-electron chi connectivity index (χ4n) is 3.49. The lowest BCUT2D eigenvalue weighted by Crippen LogP contribution is -2.13. The molecule has 0 saturated carbocycles. The van der Waals surface area contributed by atoms with Crippen molar-refractivity contribution in [2.45, 2.75) is 26.3 Å². The van der Waals surface area contributed by atoms with Gasteiger partial charge in [-0.05, 0) is 26.0 Å². The van der Waals surface area contributed by atoms with Crippen LogP contribution in [0.5, 0.6) is 0 Å². The number of methoxy groups -OCH3 is 1. The Balaban J connectivity index is 2.06. The Labute approximate surface area is 180 Å². The third-order valence-corrected chi connectivity index (χ3v) is 6.20. The highest BCUT2D eigenvalue weighted by Crippen LogP contribution is 2.40. The van der Waals surface area contributed by atoms with Gasteiger partial charge >= 0.3 is 11.9 Å². The predicted octanol–water partition coefficient (Wildman–Crippen LogP) is 3.75. The minimum Gasteiger partial charge on any atom is -0.478 e. The van der Waals surface area contributed by atoms with Crippen LogP contribution in [0.4, 0.5) is 0 Å². The molecule has 0 aliphatic carbocycles. The largest absolute Gasteiger partial charge is 0.478 e. The van der Waals surface area contributed by atoms with Gasteiger partial charge in [-0.25, -0.2) is 4.79 Å². The van der Waals surface area contributed by atoms with E-state index in [9.17, 15) is 14.7 Å². The fraction of sp³-hybridized carbons (Fsp3) is 0.250. The first-order valence-corrected chi connectivity index (χ1v) is 10.2. The third kappa shape index (κ3) is 3.29. The maximum absolute atomic E-state index is 12.2. The molecule has 2 aromatic heterocycles. The van der Waals surface area contributed by atoms with E-state index in [1.165, 1.54) is 18.4 Å². The van der Waals surface area contributed by atoms with Gasteiger partial charge in [-0.15, -0.1) is 21.5 Å². The number of aryl methyl sites for hydroxylation is 2. The molecule has 30 heavy (non-hydrogen) atoms. The molecule has 10 heteroatoms. The molecule has 154 valence electrons. The number of thiophene rings is 1. The molecule has 0 amide bonds. The van der Waals surface area contributed by atoms with Gasteiger partial charge in [-0.2, -0.15) is 0 Å². The Morgan fingerprint density at radius 3 is 2.57 bits per heavy atom. The number of carbonyl (C=O) groups is 2. The zero-order valence-corrected chi connectivity index (χ0v) is 17.9. The molecule has 4 rings (SSSR count). The summed E-state index contributed by atoms with van der Waals surface area (Å²) < 4.78 is 6.61. The number of halogens is 1. The molecule has 0 fully saturated rings. The number of aliphatic imine (C=N–C) groups is 1. The normalized spacial score (nSPS) is 15.1. The number of carboxylic acids is 1. The van der Waals surface area contributed by atoms with Crippen molar-refractivity contribution in [3.8, 4) is 5.00 Å². The minimum absolute atomic E-state index is 0.0535. The van der Waals surface area contributed by atoms with Crippen molar-refractivity contribution in [3.63, 3.8) is 0 Å². The smallest absolute Gasteiger partial charge is 0.337 e. The Bertz CT molecular complexity index is 1200. The lowest BCUT2D eigenvalue weighted by molar-refractivity contribution is -0.141. The van der Waals surface area contributed by atoms with Gasteiger partial charge in [0.15, 0.2) is 5.82 Å². The van der Waals surface area contributed by atoms with Crippen LogP contribution in [0.2, 0.25) is 5.02 Å². The van der Waals surface area contributed by atoms with Crippen molar-refractivity contribution < 1.29 is 19.4 Å². The lowest BCUT2D eigenvalue weighted by atomic mass is 9.99. The average Bonchev–Trinajstić information content (AvgIpc) is 3.21. The van der Waals surface area contributed by atoms with Gasteiger partial charge in [0.2, 0.25) is 0 Å². The van der Waals surface area contributed by atoms with Crippen molar-refractivity contribution in [2.24, 2.45) is 4.99 Å². The number of hydrogen-bond donors (Lipinski definition) is 1. The lowest BCUT2D eigenvalue weighted by Gasteiger charge is -2.11. The quantitative estimate of drug-likeness (QED) is 0.614. The molecule has 8 nitrogen and oxygen atoms in total. The summed E-state index contributed by atoms with van der Waals surface area (Å²) in [6.45, 7) is 3.53. The number of esters is 1. The second kappa shape index (κ2) is 7.66. The van der Waals surface area contributed by atoms with Crippen molar-refractivity contribution in [2.75, 3.05) is 7.11 Å². The Morgan fingerprint density at radius 2 is 1.93 bits per heavy atom. The topological polar surface area (TPSA) is 107 Å². The van der Waals surface area contributed by atoms with Crippen LogP contribution in [-0.4, -0.2) is 44.6 Å². The van der Waals surface area contributed by atoms with Gasteiger partial charge in [0.05, 0.1) is 30.4 Å². The molecular weight excluding hydrogens is 428 g/mol. The van der Waals surface area contributed by atoms with Gasteiger partial charge in [0.1, 0.15) is 16.9 Å². The Kier molecular flexibility index (Phi) is 5.17. The summed E-state index contributed by atoms with van der Waals surface area (Å²) in [5.41, 5.74) is 1.79. The minimum atomic E-state index is -1.05. The van der Waals surface area contributed by atoms with Crippen molar-refractivity contribution >= 4 is 40.6 Å². The predicted molar refractivity (Wildman–Crippen MR) is 112 cm³/mol. The van der Waals surface area contributed by atoms with Gasteiger partial charge in [-0.3, -0.25) is 14.4 Å². The zero-order chi connectivity index (χ0) is 21.6. The highest BCUT2D eigenvalue weighted by atomic mass is 35.5. The van der Waals surface area contributed by atoms with E-state index in [-0.39, 0.29) is 12.0 Å². The van der Waals surface area contributed by atoms with Gasteiger partial charge in [-0.1, -0.05) is 23.7 Å². The summed E-state index contributed by atoms with van der Waals surface area (Å²) in [4.78, 5) is 29.7. The second-order valence-corrected chi connectivity index (χ2v) is 8.38. The second-order valence-electron chi connectivity index (χ2n) is 6.74. The monoisotopic (exact) mass is 444 g/mol. The molecule has 1 aliphatic rings. The van der Waals surface area contributed by atoms with Crippen LogP contribution < -0.4 is 0 Å². The number of aromatic carboxylic acids is 1. The molecule has 0 spiro atoms. The maximum Gasteiger partial charge on any atom is 0.337 e. The Morgan fingerprint density at radius 1 is 1.23 bits per heavy atom. The molecule has 3 heterocycles. The number of rotatable bonds is 4. The molecule has 0 bridgehead atoms. The van der Waals surface area contributed by atoms with Crippen LogP contribution in [0.3, 0.4) is 0 Å². The molecule has 0 saturated heterocycles. The van der Waals surface area contributed by atoms with Crippen molar-refractivity contribution in [3.05, 3.63) is 62.5 Å². The summed E-state index contributed by atoms with van der Waals surface area (Å²) >= 11 is 7.37. The standard InChI is InChI=1S/C20H17ClN4O4S/c1-9-15(20(27)28)16-17(11-4-6-12(21)7-5-11)22-13(8-14(26)29-3)18-24-23-10(2)25(18)19(16)30-9/h4-7,13H,8H2,1-3H3,(H,27,28)/t13-/m1/s1. The molecule has 0 radical (unpaired) electrons. The number of hydrogen-bond acceptors (Lipinski definition) is 7. The third-order valence-electron chi connectivity index (χ3n) is 4.86.